The molecule has 1 rings (SSSR count). The number of rotatable bonds is 6. The van der Waals surface area contributed by atoms with E-state index in [2.05, 4.69) is 5.48 Å². The van der Waals surface area contributed by atoms with E-state index in [1.165, 1.54) is 0 Å². The number of ether oxygens (including phenoxy) is 2. The zero-order chi connectivity index (χ0) is 11.1. The fourth-order valence-corrected chi connectivity index (χ4v) is 1.25. The Morgan fingerprint density at radius 2 is 2.00 bits per heavy atom. The lowest BCUT2D eigenvalue weighted by Gasteiger charge is -2.10. The first-order valence-electron chi connectivity index (χ1n) is 4.87. The number of hydrogen-bond acceptors (Lipinski definition) is 4. The smallest absolute Gasteiger partial charge is 0.123 e. The predicted octanol–water partition coefficient (Wildman–Crippen LogP) is 1.74. The quantitative estimate of drug-likeness (QED) is 0.574. The van der Waals surface area contributed by atoms with Gasteiger partial charge in [0.1, 0.15) is 11.5 Å². The van der Waals surface area contributed by atoms with Gasteiger partial charge in [-0.15, -0.1) is 0 Å². The Kier molecular flexibility index (Phi) is 4.93. The summed E-state index contributed by atoms with van der Waals surface area (Å²) < 4.78 is 10.4. The molecule has 0 atom stereocenters. The van der Waals surface area contributed by atoms with Gasteiger partial charge in [0.05, 0.1) is 20.8 Å². The molecular formula is C11H17NO3. The Bertz CT molecular complexity index is 302. The summed E-state index contributed by atoms with van der Waals surface area (Å²) in [5.74, 6) is 1.63. The van der Waals surface area contributed by atoms with Gasteiger partial charge in [-0.2, -0.15) is 5.48 Å². The van der Waals surface area contributed by atoms with Gasteiger partial charge < -0.3 is 14.3 Å². The second kappa shape index (κ2) is 6.27. The van der Waals surface area contributed by atoms with Crippen LogP contribution in [0.5, 0.6) is 11.5 Å². The molecule has 15 heavy (non-hydrogen) atoms. The first-order valence-corrected chi connectivity index (χ1v) is 4.87. The minimum absolute atomic E-state index is 0.591. The van der Waals surface area contributed by atoms with E-state index in [1.807, 2.05) is 25.1 Å². The number of benzene rings is 1. The first kappa shape index (κ1) is 11.8. The molecule has 0 aliphatic rings. The second-order valence-electron chi connectivity index (χ2n) is 2.93. The molecule has 1 aromatic carbocycles. The largest absolute Gasteiger partial charge is 0.497 e. The van der Waals surface area contributed by atoms with E-state index < -0.39 is 0 Å². The molecular weight excluding hydrogens is 194 g/mol. The second-order valence-corrected chi connectivity index (χ2v) is 2.93. The lowest BCUT2D eigenvalue weighted by Crippen LogP contribution is -2.14. The topological polar surface area (TPSA) is 39.7 Å². The van der Waals surface area contributed by atoms with Crippen LogP contribution in [0.1, 0.15) is 12.5 Å². The van der Waals surface area contributed by atoms with Crippen molar-refractivity contribution in [3.8, 4) is 11.5 Å². The molecule has 0 bridgehead atoms. The third kappa shape index (κ3) is 3.42. The highest BCUT2D eigenvalue weighted by Gasteiger charge is 2.04. The monoisotopic (exact) mass is 211 g/mol. The fourth-order valence-electron chi connectivity index (χ4n) is 1.25. The van der Waals surface area contributed by atoms with E-state index >= 15 is 0 Å². The van der Waals surface area contributed by atoms with Crippen molar-refractivity contribution in [1.82, 2.24) is 5.48 Å². The maximum atomic E-state index is 5.22. The lowest BCUT2D eigenvalue weighted by atomic mass is 10.2. The maximum absolute atomic E-state index is 5.22. The first-order chi connectivity index (χ1) is 7.31. The number of nitrogens with one attached hydrogen (secondary N) is 1. The van der Waals surface area contributed by atoms with Gasteiger partial charge in [0.2, 0.25) is 0 Å². The zero-order valence-electron chi connectivity index (χ0n) is 9.37. The summed E-state index contributed by atoms with van der Waals surface area (Å²) >= 11 is 0. The van der Waals surface area contributed by atoms with E-state index in [9.17, 15) is 0 Å². The van der Waals surface area contributed by atoms with Crippen LogP contribution in [0.3, 0.4) is 0 Å². The van der Waals surface area contributed by atoms with Crippen LogP contribution in [0.4, 0.5) is 0 Å². The Morgan fingerprint density at radius 1 is 1.20 bits per heavy atom. The molecule has 1 N–H and O–H groups in total. The van der Waals surface area contributed by atoms with Crippen LogP contribution in [0, 0.1) is 0 Å². The molecule has 0 saturated heterocycles. The zero-order valence-corrected chi connectivity index (χ0v) is 9.37. The average Bonchev–Trinajstić information content (AvgIpc) is 2.29. The Balaban J connectivity index is 2.72. The average molecular weight is 211 g/mol. The fraction of sp³-hybridized carbons (Fsp3) is 0.455. The molecule has 4 nitrogen and oxygen atoms in total. The molecule has 0 aromatic heterocycles. The minimum atomic E-state index is 0.591. The van der Waals surface area contributed by atoms with Crippen LogP contribution in [0.15, 0.2) is 18.2 Å². The van der Waals surface area contributed by atoms with Gasteiger partial charge in [0.25, 0.3) is 0 Å². The van der Waals surface area contributed by atoms with Crippen molar-refractivity contribution in [2.75, 3.05) is 20.8 Å². The van der Waals surface area contributed by atoms with Crippen molar-refractivity contribution >= 4 is 0 Å². The number of hydroxylamine groups is 1. The van der Waals surface area contributed by atoms with Crippen molar-refractivity contribution in [3.63, 3.8) is 0 Å². The van der Waals surface area contributed by atoms with Crippen molar-refractivity contribution in [3.05, 3.63) is 23.8 Å². The van der Waals surface area contributed by atoms with Gasteiger partial charge in [-0.3, -0.25) is 0 Å². The molecule has 0 aliphatic carbocycles. The highest BCUT2D eigenvalue weighted by atomic mass is 16.6. The Hall–Kier alpha value is -1.26. The van der Waals surface area contributed by atoms with Crippen LogP contribution < -0.4 is 15.0 Å². The minimum Gasteiger partial charge on any atom is -0.497 e. The summed E-state index contributed by atoms with van der Waals surface area (Å²) in [7, 11) is 3.29. The van der Waals surface area contributed by atoms with E-state index in [0.29, 0.717) is 13.2 Å². The van der Waals surface area contributed by atoms with Gasteiger partial charge in [0.15, 0.2) is 0 Å². The lowest BCUT2D eigenvalue weighted by molar-refractivity contribution is 0.0459. The van der Waals surface area contributed by atoms with Crippen molar-refractivity contribution < 1.29 is 14.3 Å². The Labute approximate surface area is 90.1 Å². The summed E-state index contributed by atoms with van der Waals surface area (Å²) in [6.07, 6.45) is 0. The third-order valence-corrected chi connectivity index (χ3v) is 2.00. The summed E-state index contributed by atoms with van der Waals surface area (Å²) in [6, 6.07) is 5.66. The van der Waals surface area contributed by atoms with Gasteiger partial charge in [-0.25, -0.2) is 0 Å². The molecule has 0 unspecified atom stereocenters. The van der Waals surface area contributed by atoms with Crippen LogP contribution in [-0.2, 0) is 11.4 Å². The van der Waals surface area contributed by atoms with Gasteiger partial charge in [0, 0.05) is 12.1 Å². The summed E-state index contributed by atoms with van der Waals surface area (Å²) in [6.45, 7) is 3.15. The number of hydrogen-bond donors (Lipinski definition) is 1. The molecule has 0 radical (unpaired) electrons. The van der Waals surface area contributed by atoms with Crippen LogP contribution in [-0.4, -0.2) is 20.8 Å². The van der Waals surface area contributed by atoms with E-state index in [-0.39, 0.29) is 0 Å². The molecule has 0 saturated carbocycles. The maximum Gasteiger partial charge on any atom is 0.123 e. The van der Waals surface area contributed by atoms with Gasteiger partial charge >= 0.3 is 0 Å². The highest BCUT2D eigenvalue weighted by Crippen LogP contribution is 2.23. The standard InChI is InChI=1S/C11H17NO3/c1-4-15-12-8-9-7-10(13-2)5-6-11(9)14-3/h5-7,12H,4,8H2,1-3H3. The molecule has 0 spiro atoms. The van der Waals surface area contributed by atoms with Crippen LogP contribution >= 0.6 is 0 Å². The summed E-state index contributed by atoms with van der Waals surface area (Å²) in [4.78, 5) is 5.06. The predicted molar refractivity (Wildman–Crippen MR) is 58.0 cm³/mol. The molecule has 1 aromatic rings. The van der Waals surface area contributed by atoms with Crippen LogP contribution in [0.2, 0.25) is 0 Å². The van der Waals surface area contributed by atoms with Crippen LogP contribution in [0.25, 0.3) is 0 Å². The van der Waals surface area contributed by atoms with Gasteiger partial charge in [-0.05, 0) is 25.1 Å². The summed E-state index contributed by atoms with van der Waals surface area (Å²) in [5.41, 5.74) is 3.85. The Morgan fingerprint density at radius 3 is 2.60 bits per heavy atom. The number of methoxy groups -OCH3 is 2. The molecule has 0 aliphatic heterocycles. The molecule has 0 amide bonds. The van der Waals surface area contributed by atoms with Crippen molar-refractivity contribution in [2.45, 2.75) is 13.5 Å². The van der Waals surface area contributed by atoms with E-state index in [1.54, 1.807) is 14.2 Å². The van der Waals surface area contributed by atoms with E-state index in [0.717, 1.165) is 17.1 Å². The molecule has 0 heterocycles. The van der Waals surface area contributed by atoms with E-state index in [4.69, 9.17) is 14.3 Å². The van der Waals surface area contributed by atoms with Gasteiger partial charge in [-0.1, -0.05) is 0 Å². The highest BCUT2D eigenvalue weighted by molar-refractivity contribution is 5.40. The third-order valence-electron chi connectivity index (χ3n) is 2.00. The van der Waals surface area contributed by atoms with Crippen molar-refractivity contribution in [2.24, 2.45) is 0 Å². The summed E-state index contributed by atoms with van der Waals surface area (Å²) in [5, 5.41) is 0. The van der Waals surface area contributed by atoms with Crippen molar-refractivity contribution in [1.29, 1.82) is 0 Å². The SMILES string of the molecule is CCONCc1cc(OC)ccc1OC. The normalized spacial score (nSPS) is 10.1. The molecule has 0 fully saturated rings. The molecule has 84 valence electrons. The molecule has 4 heteroatoms.